The molecule has 7 heteroatoms. The molecule has 1 N–H and O–H groups in total. The summed E-state index contributed by atoms with van der Waals surface area (Å²) in [5.41, 5.74) is -0.863. The van der Waals surface area contributed by atoms with Crippen LogP contribution >= 0.6 is 0 Å². The van der Waals surface area contributed by atoms with Crippen LogP contribution in [-0.4, -0.2) is 45.5 Å². The topological polar surface area (TPSA) is 88.3 Å². The van der Waals surface area contributed by atoms with E-state index in [4.69, 9.17) is 4.52 Å². The Balaban J connectivity index is 2.02. The molecule has 19 heavy (non-hydrogen) atoms. The Morgan fingerprint density at radius 3 is 2.79 bits per heavy atom. The largest absolute Gasteiger partial charge is 0.342 e. The first-order chi connectivity index (χ1) is 8.88. The Morgan fingerprint density at radius 1 is 1.42 bits per heavy atom. The second kappa shape index (κ2) is 4.99. The lowest BCUT2D eigenvalue weighted by Crippen LogP contribution is -2.53. The number of nitrogens with one attached hydrogen (secondary N) is 1. The zero-order chi connectivity index (χ0) is 14.0. The fourth-order valence-electron chi connectivity index (χ4n) is 2.08. The van der Waals surface area contributed by atoms with Crippen LogP contribution in [0, 0.1) is 6.92 Å². The molecule has 1 aliphatic heterocycles. The number of carbonyl (C=O) groups is 2. The van der Waals surface area contributed by atoms with E-state index >= 15 is 0 Å². The Hall–Kier alpha value is -1.92. The van der Waals surface area contributed by atoms with Crippen molar-refractivity contribution in [3.8, 4) is 0 Å². The summed E-state index contributed by atoms with van der Waals surface area (Å²) in [5, 5.41) is 6.42. The lowest BCUT2D eigenvalue weighted by atomic mass is 10.0. The van der Waals surface area contributed by atoms with E-state index in [0.29, 0.717) is 37.6 Å². The maximum Gasteiger partial charge on any atom is 0.247 e. The van der Waals surface area contributed by atoms with Crippen molar-refractivity contribution in [3.05, 3.63) is 11.7 Å². The van der Waals surface area contributed by atoms with Crippen LogP contribution in [0.2, 0.25) is 0 Å². The molecule has 1 aromatic rings. The predicted molar refractivity (Wildman–Crippen MR) is 66.2 cm³/mol. The molecule has 0 atom stereocenters. The van der Waals surface area contributed by atoms with Crippen LogP contribution in [0.3, 0.4) is 0 Å². The first-order valence-electron chi connectivity index (χ1n) is 6.28. The number of carbonyl (C=O) groups excluding carboxylic acids is 2. The number of aryl methyl sites for hydroxylation is 1. The lowest BCUT2D eigenvalue weighted by molar-refractivity contribution is -0.137. The molecule has 0 radical (unpaired) electrons. The molecule has 104 valence electrons. The van der Waals surface area contributed by atoms with Crippen LogP contribution in [0.4, 0.5) is 0 Å². The number of nitrogens with zero attached hydrogens (tertiary/aromatic N) is 3. The van der Waals surface area contributed by atoms with Crippen molar-refractivity contribution < 1.29 is 14.1 Å². The molecule has 1 saturated heterocycles. The van der Waals surface area contributed by atoms with Gasteiger partial charge in [-0.3, -0.25) is 9.59 Å². The molecule has 0 aliphatic carbocycles. The molecule has 1 aliphatic rings. The van der Waals surface area contributed by atoms with Crippen molar-refractivity contribution in [2.75, 3.05) is 13.1 Å². The first kappa shape index (κ1) is 13.5. The average Bonchev–Trinajstić information content (AvgIpc) is 2.69. The monoisotopic (exact) mass is 266 g/mol. The standard InChI is InChI=1S/C12H18N4O3/c1-8-13-10(19-15-8)5-7-16-6-4-9(17)14-12(2,3)11(16)18/h4-7H2,1-3H3,(H,14,17). The number of hydrogen-bond acceptors (Lipinski definition) is 5. The van der Waals surface area contributed by atoms with Gasteiger partial charge < -0.3 is 14.7 Å². The number of aromatic nitrogens is 2. The highest BCUT2D eigenvalue weighted by molar-refractivity contribution is 5.92. The van der Waals surface area contributed by atoms with E-state index in [1.807, 2.05) is 0 Å². The average molecular weight is 266 g/mol. The molecular weight excluding hydrogens is 248 g/mol. The van der Waals surface area contributed by atoms with E-state index in [1.54, 1.807) is 25.7 Å². The van der Waals surface area contributed by atoms with Crippen molar-refractivity contribution in [2.24, 2.45) is 0 Å². The van der Waals surface area contributed by atoms with E-state index in [0.717, 1.165) is 0 Å². The summed E-state index contributed by atoms with van der Waals surface area (Å²) < 4.78 is 5.01. The molecular formula is C12H18N4O3. The molecule has 0 aromatic carbocycles. The van der Waals surface area contributed by atoms with Gasteiger partial charge in [-0.1, -0.05) is 5.16 Å². The Bertz CT molecular complexity index is 495. The minimum atomic E-state index is -0.863. The van der Waals surface area contributed by atoms with Crippen LogP contribution in [0.1, 0.15) is 32.0 Å². The summed E-state index contributed by atoms with van der Waals surface area (Å²) in [5.74, 6) is 0.894. The molecule has 1 aromatic heterocycles. The van der Waals surface area contributed by atoms with Gasteiger partial charge in [0.2, 0.25) is 17.7 Å². The Labute approximate surface area is 111 Å². The van der Waals surface area contributed by atoms with Crippen molar-refractivity contribution in [1.82, 2.24) is 20.4 Å². The SMILES string of the molecule is Cc1noc(CCN2CCC(=O)NC(C)(C)C2=O)n1. The summed E-state index contributed by atoms with van der Waals surface area (Å²) >= 11 is 0. The van der Waals surface area contributed by atoms with Gasteiger partial charge in [0.15, 0.2) is 5.82 Å². The zero-order valence-electron chi connectivity index (χ0n) is 11.4. The molecule has 0 saturated carbocycles. The molecule has 2 amide bonds. The van der Waals surface area contributed by atoms with Gasteiger partial charge in [0, 0.05) is 25.9 Å². The summed E-state index contributed by atoms with van der Waals surface area (Å²) in [6.07, 6.45) is 0.814. The smallest absolute Gasteiger partial charge is 0.247 e. The molecule has 0 bridgehead atoms. The van der Waals surface area contributed by atoms with Crippen molar-refractivity contribution in [2.45, 2.75) is 39.2 Å². The van der Waals surface area contributed by atoms with Gasteiger partial charge in [-0.05, 0) is 20.8 Å². The van der Waals surface area contributed by atoms with Gasteiger partial charge >= 0.3 is 0 Å². The molecule has 2 rings (SSSR count). The maximum atomic E-state index is 12.3. The van der Waals surface area contributed by atoms with E-state index in [1.165, 1.54) is 0 Å². The molecule has 2 heterocycles. The number of rotatable bonds is 3. The van der Waals surface area contributed by atoms with E-state index in [-0.39, 0.29) is 11.8 Å². The number of hydrogen-bond donors (Lipinski definition) is 1. The third-order valence-electron chi connectivity index (χ3n) is 3.05. The summed E-state index contributed by atoms with van der Waals surface area (Å²) in [4.78, 5) is 29.6. The van der Waals surface area contributed by atoms with Crippen LogP contribution in [0.25, 0.3) is 0 Å². The molecule has 0 spiro atoms. The fourth-order valence-corrected chi connectivity index (χ4v) is 2.08. The van der Waals surface area contributed by atoms with Gasteiger partial charge in [0.05, 0.1) is 0 Å². The van der Waals surface area contributed by atoms with Crippen LogP contribution in [0.5, 0.6) is 0 Å². The van der Waals surface area contributed by atoms with Gasteiger partial charge in [0.1, 0.15) is 5.54 Å². The quantitative estimate of drug-likeness (QED) is 0.835. The van der Waals surface area contributed by atoms with Gasteiger partial charge in [-0.25, -0.2) is 0 Å². The van der Waals surface area contributed by atoms with Crippen LogP contribution in [-0.2, 0) is 16.0 Å². The maximum absolute atomic E-state index is 12.3. The Kier molecular flexibility index (Phi) is 3.55. The minimum Gasteiger partial charge on any atom is -0.342 e. The van der Waals surface area contributed by atoms with Gasteiger partial charge in [-0.2, -0.15) is 4.98 Å². The fraction of sp³-hybridized carbons (Fsp3) is 0.667. The Morgan fingerprint density at radius 2 is 2.16 bits per heavy atom. The summed E-state index contributed by atoms with van der Waals surface area (Å²) in [7, 11) is 0. The second-order valence-electron chi connectivity index (χ2n) is 5.20. The van der Waals surface area contributed by atoms with Gasteiger partial charge in [-0.15, -0.1) is 0 Å². The lowest BCUT2D eigenvalue weighted by Gasteiger charge is -2.28. The second-order valence-corrected chi connectivity index (χ2v) is 5.20. The summed E-state index contributed by atoms with van der Waals surface area (Å²) in [6, 6.07) is 0. The minimum absolute atomic E-state index is 0.0883. The first-order valence-corrected chi connectivity index (χ1v) is 6.28. The van der Waals surface area contributed by atoms with Crippen LogP contribution in [0.15, 0.2) is 4.52 Å². The van der Waals surface area contributed by atoms with Crippen LogP contribution < -0.4 is 5.32 Å². The highest BCUT2D eigenvalue weighted by atomic mass is 16.5. The van der Waals surface area contributed by atoms with E-state index in [2.05, 4.69) is 15.5 Å². The normalized spacial score (nSPS) is 19.2. The highest BCUT2D eigenvalue weighted by Crippen LogP contribution is 2.13. The zero-order valence-corrected chi connectivity index (χ0v) is 11.4. The number of amides is 2. The molecule has 0 unspecified atom stereocenters. The van der Waals surface area contributed by atoms with Gasteiger partial charge in [0.25, 0.3) is 0 Å². The predicted octanol–water partition coefficient (Wildman–Crippen LogP) is 0.0476. The van der Waals surface area contributed by atoms with Crippen molar-refractivity contribution in [1.29, 1.82) is 0 Å². The van der Waals surface area contributed by atoms with Crippen molar-refractivity contribution >= 4 is 11.8 Å². The summed E-state index contributed by atoms with van der Waals surface area (Å²) in [6.45, 7) is 6.06. The third kappa shape index (κ3) is 3.10. The highest BCUT2D eigenvalue weighted by Gasteiger charge is 2.36. The molecule has 1 fully saturated rings. The van der Waals surface area contributed by atoms with E-state index < -0.39 is 5.54 Å². The van der Waals surface area contributed by atoms with E-state index in [9.17, 15) is 9.59 Å². The third-order valence-corrected chi connectivity index (χ3v) is 3.05. The molecule has 7 nitrogen and oxygen atoms in total. The van der Waals surface area contributed by atoms with Crippen molar-refractivity contribution in [3.63, 3.8) is 0 Å².